The number of halogens is 5. The minimum atomic E-state index is -0.913. The predicted octanol–water partition coefficient (Wildman–Crippen LogP) is 10.7. The molecule has 0 bridgehead atoms. The van der Waals surface area contributed by atoms with Crippen molar-refractivity contribution in [3.63, 3.8) is 0 Å². The number of hydrogen-bond donors (Lipinski definition) is 2. The van der Waals surface area contributed by atoms with Gasteiger partial charge in [-0.2, -0.15) is 0 Å². The van der Waals surface area contributed by atoms with Crippen molar-refractivity contribution >= 4 is 57.8 Å². The zero-order chi connectivity index (χ0) is 41.4. The molecule has 4 atom stereocenters. The minimum Gasteiger partial charge on any atom is -0.389 e. The van der Waals surface area contributed by atoms with E-state index in [2.05, 4.69) is 31.7 Å². The molecule has 6 nitrogen and oxygen atoms in total. The number of rotatable bonds is 10. The van der Waals surface area contributed by atoms with Crippen LogP contribution in [0.5, 0.6) is 0 Å². The Morgan fingerprint density at radius 1 is 0.525 bits per heavy atom. The van der Waals surface area contributed by atoms with Crippen molar-refractivity contribution in [2.75, 3.05) is 75.2 Å². The van der Waals surface area contributed by atoms with Gasteiger partial charge in [-0.15, -0.1) is 0 Å². The molecule has 8 rings (SSSR count). The zero-order valence-electron chi connectivity index (χ0n) is 34.0. The van der Waals surface area contributed by atoms with Crippen LogP contribution >= 0.6 is 46.4 Å². The largest absolute Gasteiger partial charge is 0.389 e. The third kappa shape index (κ3) is 11.5. The van der Waals surface area contributed by atoms with Gasteiger partial charge in [0.15, 0.2) is 0 Å². The lowest BCUT2D eigenvalue weighted by Gasteiger charge is -2.44. The molecule has 0 amide bonds. The molecule has 0 radical (unpaired) electrons. The summed E-state index contributed by atoms with van der Waals surface area (Å²) < 4.78 is 14.4. The summed E-state index contributed by atoms with van der Waals surface area (Å²) in [6.07, 6.45) is 9.06. The maximum absolute atomic E-state index is 14.4. The van der Waals surface area contributed by atoms with E-state index < -0.39 is 11.2 Å². The first kappa shape index (κ1) is 44.5. The molecule has 4 aromatic rings. The summed E-state index contributed by atoms with van der Waals surface area (Å²) in [5.41, 5.74) is 2.30. The highest BCUT2D eigenvalue weighted by molar-refractivity contribution is 6.33. The van der Waals surface area contributed by atoms with Crippen molar-refractivity contribution < 1.29 is 14.6 Å². The Hall–Kier alpha value is -2.59. The molecule has 59 heavy (non-hydrogen) atoms. The summed E-state index contributed by atoms with van der Waals surface area (Å²) in [5.74, 6) is 0.112. The lowest BCUT2D eigenvalue weighted by atomic mass is 9.72. The van der Waals surface area contributed by atoms with Gasteiger partial charge in [-0.3, -0.25) is 9.80 Å². The molecule has 2 heterocycles. The summed E-state index contributed by atoms with van der Waals surface area (Å²) in [6, 6.07) is 28.7. The maximum atomic E-state index is 14.4. The molecule has 2 saturated carbocycles. The second-order valence-electron chi connectivity index (χ2n) is 17.3. The fourth-order valence-electron chi connectivity index (χ4n) is 9.92. The average molecular weight is 885 g/mol. The number of piperazine rings is 2. The number of para-hydroxylation sites is 2. The van der Waals surface area contributed by atoms with E-state index in [4.69, 9.17) is 46.4 Å². The molecule has 0 spiro atoms. The molecular formula is C48H59Cl4FN4O2. The smallest absolute Gasteiger partial charge is 0.127 e. The lowest BCUT2D eigenvalue weighted by Crippen LogP contribution is -2.53. The van der Waals surface area contributed by atoms with Crippen LogP contribution in [0, 0.1) is 17.7 Å². The van der Waals surface area contributed by atoms with E-state index in [9.17, 15) is 14.6 Å². The van der Waals surface area contributed by atoms with Crippen LogP contribution in [0.4, 0.5) is 15.8 Å². The van der Waals surface area contributed by atoms with Gasteiger partial charge < -0.3 is 20.0 Å². The highest BCUT2D eigenvalue weighted by Gasteiger charge is 2.42. The minimum absolute atomic E-state index is 0.119. The van der Waals surface area contributed by atoms with Crippen LogP contribution < -0.4 is 9.80 Å². The topological polar surface area (TPSA) is 53.4 Å². The van der Waals surface area contributed by atoms with Crippen LogP contribution in [0.3, 0.4) is 0 Å². The highest BCUT2D eigenvalue weighted by atomic mass is 35.5. The van der Waals surface area contributed by atoms with Gasteiger partial charge in [0.05, 0.1) is 32.6 Å². The number of nitrogens with zero attached hydrogens (tertiary/aromatic N) is 4. The number of hydrogen-bond acceptors (Lipinski definition) is 6. The van der Waals surface area contributed by atoms with E-state index in [0.29, 0.717) is 29.3 Å². The van der Waals surface area contributed by atoms with Crippen LogP contribution in [-0.2, 0) is 12.8 Å². The van der Waals surface area contributed by atoms with E-state index in [1.807, 2.05) is 60.7 Å². The molecule has 2 aliphatic heterocycles. The van der Waals surface area contributed by atoms with Crippen LogP contribution in [0.2, 0.25) is 20.1 Å². The SMILES string of the molecule is OC1(Cc2c(F)cccc2Cl)CCCCC1CN1CCN(c2ccccc2Cl)CC1.OC1(Cc2ccc(Cl)cc2)CCCCC1CN1CCN(c2ccccc2Cl)CC1. The molecule has 11 heteroatoms. The number of aliphatic hydroxyl groups is 2. The van der Waals surface area contributed by atoms with Gasteiger partial charge in [0.25, 0.3) is 0 Å². The quantitative estimate of drug-likeness (QED) is 0.166. The standard InChI is InChI=1S/C24H29Cl2FN2O.C24H30Cl2N2O/c25-20-8-5-9-22(27)19(20)16-24(30)11-4-3-6-18(24)17-28-12-14-29(15-13-28)23-10-2-1-7-21(23)26;25-21-10-8-19(9-11-21)17-24(29)12-4-3-5-20(24)18-27-13-15-28(16-14-27)23-7-2-1-6-22(23)26/h1-2,5,7-10,18,30H,3-4,6,11-17H2;1-2,6-11,20,29H,3-5,12-18H2. The van der Waals surface area contributed by atoms with Crippen molar-refractivity contribution in [1.29, 1.82) is 0 Å². The van der Waals surface area contributed by atoms with Crippen LogP contribution in [0.15, 0.2) is 91.0 Å². The molecule has 2 N–H and O–H groups in total. The second-order valence-corrected chi connectivity index (χ2v) is 18.9. The molecule has 2 aliphatic carbocycles. The van der Waals surface area contributed by atoms with Crippen molar-refractivity contribution in [2.24, 2.45) is 11.8 Å². The van der Waals surface area contributed by atoms with Crippen molar-refractivity contribution in [1.82, 2.24) is 9.80 Å². The summed E-state index contributed by atoms with van der Waals surface area (Å²) >= 11 is 25.0. The summed E-state index contributed by atoms with van der Waals surface area (Å²) in [6.45, 7) is 9.47. The third-order valence-corrected chi connectivity index (χ3v) is 14.6. The molecule has 0 aromatic heterocycles. The molecule has 4 unspecified atom stereocenters. The van der Waals surface area contributed by atoms with Crippen molar-refractivity contribution in [3.05, 3.63) is 128 Å². The molecule has 318 valence electrons. The first-order valence-corrected chi connectivity index (χ1v) is 23.1. The predicted molar refractivity (Wildman–Crippen MR) is 244 cm³/mol. The summed E-state index contributed by atoms with van der Waals surface area (Å²) in [4.78, 5) is 9.65. The molecule has 4 fully saturated rings. The second kappa shape index (κ2) is 20.5. The monoisotopic (exact) mass is 882 g/mol. The maximum Gasteiger partial charge on any atom is 0.127 e. The van der Waals surface area contributed by atoms with Gasteiger partial charge in [-0.25, -0.2) is 4.39 Å². The Kier molecular flexibility index (Phi) is 15.5. The third-order valence-electron chi connectivity index (χ3n) is 13.4. The van der Waals surface area contributed by atoms with Crippen LogP contribution in [0.25, 0.3) is 0 Å². The van der Waals surface area contributed by atoms with Gasteiger partial charge in [-0.1, -0.05) is 115 Å². The first-order chi connectivity index (χ1) is 28.5. The van der Waals surface area contributed by atoms with Crippen molar-refractivity contribution in [3.8, 4) is 0 Å². The number of benzene rings is 4. The Bertz CT molecular complexity index is 1940. The average Bonchev–Trinajstić information content (AvgIpc) is 3.23. The van der Waals surface area contributed by atoms with Crippen molar-refractivity contribution in [2.45, 2.75) is 75.4 Å². The number of anilines is 2. The Balaban J connectivity index is 0.000000179. The first-order valence-electron chi connectivity index (χ1n) is 21.6. The van der Waals surface area contributed by atoms with Crippen LogP contribution in [0.1, 0.15) is 62.5 Å². The molecular weight excluding hydrogens is 825 g/mol. The van der Waals surface area contributed by atoms with Gasteiger partial charge in [0.2, 0.25) is 0 Å². The normalized spacial score (nSPS) is 25.7. The van der Waals surface area contributed by atoms with Gasteiger partial charge in [-0.05, 0) is 79.8 Å². The Morgan fingerprint density at radius 2 is 0.983 bits per heavy atom. The fraction of sp³-hybridized carbons (Fsp3) is 0.500. The van der Waals surface area contributed by atoms with Gasteiger partial charge >= 0.3 is 0 Å². The molecule has 4 aliphatic rings. The van der Waals surface area contributed by atoms with E-state index in [1.54, 1.807) is 12.1 Å². The van der Waals surface area contributed by atoms with E-state index in [0.717, 1.165) is 130 Å². The Morgan fingerprint density at radius 3 is 1.46 bits per heavy atom. The van der Waals surface area contributed by atoms with E-state index in [1.165, 1.54) is 18.1 Å². The summed E-state index contributed by atoms with van der Waals surface area (Å²) in [5, 5.41) is 25.9. The lowest BCUT2D eigenvalue weighted by molar-refractivity contribution is -0.0601. The van der Waals surface area contributed by atoms with Gasteiger partial charge in [0.1, 0.15) is 5.82 Å². The van der Waals surface area contributed by atoms with Crippen LogP contribution in [-0.4, -0.2) is 96.7 Å². The Labute approximate surface area is 370 Å². The fourth-order valence-corrected chi connectivity index (χ4v) is 10.8. The summed E-state index contributed by atoms with van der Waals surface area (Å²) in [7, 11) is 0. The molecule has 4 aromatic carbocycles. The van der Waals surface area contributed by atoms with E-state index >= 15 is 0 Å². The van der Waals surface area contributed by atoms with Gasteiger partial charge in [0, 0.05) is 106 Å². The van der Waals surface area contributed by atoms with E-state index in [-0.39, 0.29) is 18.2 Å². The highest BCUT2D eigenvalue weighted by Crippen LogP contribution is 2.40. The zero-order valence-corrected chi connectivity index (χ0v) is 37.1. The molecule has 2 saturated heterocycles.